The van der Waals surface area contributed by atoms with Gasteiger partial charge in [-0.25, -0.2) is 8.42 Å². The molecule has 8 heteroatoms. The molecular formula is C11H20N2O5S. The maximum absolute atomic E-state index is 11.6. The van der Waals surface area contributed by atoms with E-state index >= 15 is 0 Å². The molecule has 1 fully saturated rings. The summed E-state index contributed by atoms with van der Waals surface area (Å²) in [5.41, 5.74) is 0. The van der Waals surface area contributed by atoms with Gasteiger partial charge in [-0.05, 0) is 12.3 Å². The molecule has 1 heterocycles. The van der Waals surface area contributed by atoms with E-state index in [1.54, 1.807) is 13.8 Å². The minimum Gasteiger partial charge on any atom is -0.480 e. The van der Waals surface area contributed by atoms with Crippen molar-refractivity contribution in [3.8, 4) is 0 Å². The van der Waals surface area contributed by atoms with Crippen molar-refractivity contribution in [3.63, 3.8) is 0 Å². The molecular weight excluding hydrogens is 272 g/mol. The van der Waals surface area contributed by atoms with Crippen LogP contribution in [0.25, 0.3) is 0 Å². The Hall–Kier alpha value is -1.15. The van der Waals surface area contributed by atoms with E-state index in [0.29, 0.717) is 6.42 Å². The second-order valence-electron chi connectivity index (χ2n) is 5.11. The maximum atomic E-state index is 11.6. The lowest BCUT2D eigenvalue weighted by atomic mass is 10.1. The molecule has 0 saturated carbocycles. The fraction of sp³-hybridized carbons (Fsp3) is 0.818. The third kappa shape index (κ3) is 5.15. The Kier molecular flexibility index (Phi) is 5.30. The molecule has 0 aromatic heterocycles. The third-order valence-corrected chi connectivity index (χ3v) is 4.78. The Morgan fingerprint density at radius 1 is 1.37 bits per heavy atom. The van der Waals surface area contributed by atoms with Gasteiger partial charge in [0, 0.05) is 6.04 Å². The van der Waals surface area contributed by atoms with Crippen LogP contribution in [0.2, 0.25) is 0 Å². The lowest BCUT2D eigenvalue weighted by Gasteiger charge is -2.18. The molecule has 1 aliphatic rings. The maximum Gasteiger partial charge on any atom is 0.320 e. The first-order chi connectivity index (χ1) is 8.71. The monoisotopic (exact) mass is 292 g/mol. The quantitative estimate of drug-likeness (QED) is 0.578. The lowest BCUT2D eigenvalue weighted by molar-refractivity contribution is -0.140. The second kappa shape index (κ2) is 6.33. The number of carboxylic acids is 1. The zero-order chi connectivity index (χ0) is 14.6. The molecule has 0 spiro atoms. The van der Waals surface area contributed by atoms with Gasteiger partial charge < -0.3 is 10.4 Å². The highest BCUT2D eigenvalue weighted by molar-refractivity contribution is 7.91. The van der Waals surface area contributed by atoms with Crippen LogP contribution in [0.1, 0.15) is 20.3 Å². The van der Waals surface area contributed by atoms with E-state index in [0.717, 1.165) is 0 Å². The average Bonchev–Trinajstić information content (AvgIpc) is 2.56. The van der Waals surface area contributed by atoms with Gasteiger partial charge in [0.15, 0.2) is 9.84 Å². The number of carbonyl (C=O) groups is 2. The summed E-state index contributed by atoms with van der Waals surface area (Å²) in [5, 5.41) is 14.2. The highest BCUT2D eigenvalue weighted by Gasteiger charge is 2.29. The van der Waals surface area contributed by atoms with Gasteiger partial charge >= 0.3 is 5.97 Å². The first-order valence-electron chi connectivity index (χ1n) is 6.17. The van der Waals surface area contributed by atoms with Crippen molar-refractivity contribution >= 4 is 21.7 Å². The van der Waals surface area contributed by atoms with Crippen LogP contribution in [0, 0.1) is 5.92 Å². The fourth-order valence-corrected chi connectivity index (χ4v) is 3.67. The molecule has 1 aliphatic heterocycles. The van der Waals surface area contributed by atoms with Gasteiger partial charge in [-0.15, -0.1) is 0 Å². The summed E-state index contributed by atoms with van der Waals surface area (Å²) in [6.45, 7) is 3.35. The Labute approximate surface area is 112 Å². The lowest BCUT2D eigenvalue weighted by Crippen LogP contribution is -2.47. The molecule has 2 atom stereocenters. The highest BCUT2D eigenvalue weighted by atomic mass is 32.2. The molecule has 0 aromatic rings. The van der Waals surface area contributed by atoms with Crippen molar-refractivity contribution < 1.29 is 23.1 Å². The number of rotatable bonds is 6. The number of carboxylic acid groups (broad SMARTS) is 1. The first kappa shape index (κ1) is 15.9. The first-order valence-corrected chi connectivity index (χ1v) is 7.99. The fourth-order valence-electron chi connectivity index (χ4n) is 2.00. The topological polar surface area (TPSA) is 113 Å². The second-order valence-corrected chi connectivity index (χ2v) is 7.34. The molecule has 2 unspecified atom stereocenters. The van der Waals surface area contributed by atoms with Crippen LogP contribution in [0.15, 0.2) is 0 Å². The van der Waals surface area contributed by atoms with E-state index < -0.39 is 21.8 Å². The zero-order valence-electron chi connectivity index (χ0n) is 11.0. The summed E-state index contributed by atoms with van der Waals surface area (Å²) in [5.74, 6) is -1.47. The number of aliphatic carboxylic acids is 1. The van der Waals surface area contributed by atoms with Crippen molar-refractivity contribution in [3.05, 3.63) is 0 Å². The number of hydrogen-bond acceptors (Lipinski definition) is 5. The van der Waals surface area contributed by atoms with Crippen LogP contribution in [-0.2, 0) is 19.4 Å². The molecule has 0 bridgehead atoms. The molecule has 7 nitrogen and oxygen atoms in total. The Morgan fingerprint density at radius 3 is 2.42 bits per heavy atom. The summed E-state index contributed by atoms with van der Waals surface area (Å²) in [4.78, 5) is 22.5. The summed E-state index contributed by atoms with van der Waals surface area (Å²) >= 11 is 0. The zero-order valence-corrected chi connectivity index (χ0v) is 11.9. The standard InChI is InChI=1S/C11H20N2O5S/c1-7(2)10(11(15)16)12-5-9(14)13-8-3-4-19(17,18)6-8/h7-8,10,12H,3-6H2,1-2H3,(H,13,14)(H,15,16). The van der Waals surface area contributed by atoms with Gasteiger partial charge in [-0.3, -0.25) is 14.9 Å². The largest absolute Gasteiger partial charge is 0.480 e. The summed E-state index contributed by atoms with van der Waals surface area (Å²) in [6, 6.07) is -1.15. The van der Waals surface area contributed by atoms with Crippen molar-refractivity contribution in [2.75, 3.05) is 18.1 Å². The number of carbonyl (C=O) groups excluding carboxylic acids is 1. The Bertz CT molecular complexity index is 446. The van der Waals surface area contributed by atoms with Crippen molar-refractivity contribution in [1.82, 2.24) is 10.6 Å². The number of hydrogen-bond donors (Lipinski definition) is 3. The Morgan fingerprint density at radius 2 is 2.00 bits per heavy atom. The highest BCUT2D eigenvalue weighted by Crippen LogP contribution is 2.10. The van der Waals surface area contributed by atoms with Crippen LogP contribution in [0.3, 0.4) is 0 Å². The normalized spacial score (nSPS) is 23.2. The van der Waals surface area contributed by atoms with E-state index in [1.807, 2.05) is 0 Å². The minimum atomic E-state index is -3.03. The molecule has 19 heavy (non-hydrogen) atoms. The average molecular weight is 292 g/mol. The van der Waals surface area contributed by atoms with Crippen LogP contribution in [0.4, 0.5) is 0 Å². The van der Waals surface area contributed by atoms with E-state index in [1.165, 1.54) is 0 Å². The summed E-state index contributed by atoms with van der Waals surface area (Å²) in [7, 11) is -3.03. The van der Waals surface area contributed by atoms with Crippen LogP contribution >= 0.6 is 0 Å². The number of sulfone groups is 1. The van der Waals surface area contributed by atoms with Crippen LogP contribution in [0.5, 0.6) is 0 Å². The predicted molar refractivity (Wildman–Crippen MR) is 69.5 cm³/mol. The van der Waals surface area contributed by atoms with Gasteiger partial charge in [0.1, 0.15) is 6.04 Å². The van der Waals surface area contributed by atoms with Gasteiger partial charge in [0.05, 0.1) is 18.1 Å². The van der Waals surface area contributed by atoms with Crippen molar-refractivity contribution in [1.29, 1.82) is 0 Å². The molecule has 0 aromatic carbocycles. The Balaban J connectivity index is 2.38. The molecule has 0 aliphatic carbocycles. The molecule has 1 amide bonds. The smallest absolute Gasteiger partial charge is 0.320 e. The van der Waals surface area contributed by atoms with Gasteiger partial charge in [0.25, 0.3) is 0 Å². The summed E-state index contributed by atoms with van der Waals surface area (Å²) < 4.78 is 22.4. The molecule has 1 rings (SSSR count). The molecule has 110 valence electrons. The van der Waals surface area contributed by atoms with Crippen molar-refractivity contribution in [2.45, 2.75) is 32.4 Å². The van der Waals surface area contributed by atoms with E-state index in [9.17, 15) is 18.0 Å². The van der Waals surface area contributed by atoms with E-state index in [4.69, 9.17) is 5.11 Å². The van der Waals surface area contributed by atoms with Gasteiger partial charge in [-0.1, -0.05) is 13.8 Å². The third-order valence-electron chi connectivity index (χ3n) is 3.01. The minimum absolute atomic E-state index is 0.0364. The SMILES string of the molecule is CC(C)C(NCC(=O)NC1CCS(=O)(=O)C1)C(=O)O. The predicted octanol–water partition coefficient (Wildman–Crippen LogP) is -1.01. The van der Waals surface area contributed by atoms with Crippen LogP contribution in [-0.4, -0.2) is 55.5 Å². The van der Waals surface area contributed by atoms with E-state index in [-0.39, 0.29) is 35.9 Å². The number of nitrogens with one attached hydrogen (secondary N) is 2. The molecule has 0 radical (unpaired) electrons. The molecule has 3 N–H and O–H groups in total. The van der Waals surface area contributed by atoms with Gasteiger partial charge in [0.2, 0.25) is 5.91 Å². The van der Waals surface area contributed by atoms with Gasteiger partial charge in [-0.2, -0.15) is 0 Å². The van der Waals surface area contributed by atoms with Crippen LogP contribution < -0.4 is 10.6 Å². The van der Waals surface area contributed by atoms with E-state index in [2.05, 4.69) is 10.6 Å². The number of amides is 1. The van der Waals surface area contributed by atoms with Crippen molar-refractivity contribution in [2.24, 2.45) is 5.92 Å². The summed E-state index contributed by atoms with van der Waals surface area (Å²) in [6.07, 6.45) is 0.417. The molecule has 1 saturated heterocycles.